The van der Waals surface area contributed by atoms with Gasteiger partial charge in [0.15, 0.2) is 6.54 Å². The quantitative estimate of drug-likeness (QED) is 0.103. The van der Waals surface area contributed by atoms with Crippen LogP contribution < -0.4 is 9.47 Å². The first-order chi connectivity index (χ1) is 25.0. The highest BCUT2D eigenvalue weighted by atomic mass is 79.9. The lowest BCUT2D eigenvalue weighted by Gasteiger charge is -2.23. The molecule has 0 N–H and O–H groups in total. The molecular weight excluding hydrogens is 836 g/mol. The van der Waals surface area contributed by atoms with Gasteiger partial charge in [-0.15, -0.1) is 0 Å². The van der Waals surface area contributed by atoms with E-state index in [0.717, 1.165) is 52.5 Å². The summed E-state index contributed by atoms with van der Waals surface area (Å²) < 4.78 is 40.1. The van der Waals surface area contributed by atoms with Crippen LogP contribution in [0.5, 0.6) is 0 Å². The van der Waals surface area contributed by atoms with Gasteiger partial charge < -0.3 is 9.45 Å². The maximum Gasteiger partial charge on any atom is 0.262 e. The fourth-order valence-corrected chi connectivity index (χ4v) is 10.2. The van der Waals surface area contributed by atoms with E-state index in [1.807, 2.05) is 11.3 Å². The molecule has 2 aliphatic rings. The molecule has 5 nitrogen and oxygen atoms in total. The summed E-state index contributed by atoms with van der Waals surface area (Å²) in [5.74, 6) is 0.518. The number of hydrogen-bond donors (Lipinski definition) is 0. The van der Waals surface area contributed by atoms with Crippen LogP contribution in [-0.4, -0.2) is 19.5 Å². The van der Waals surface area contributed by atoms with E-state index < -0.39 is 10.1 Å². The van der Waals surface area contributed by atoms with E-state index in [1.54, 1.807) is 23.9 Å². The lowest BCUT2D eigenvalue weighted by atomic mass is 9.87. The number of rotatable bonds is 10. The van der Waals surface area contributed by atoms with Crippen molar-refractivity contribution in [1.29, 1.82) is 0 Å². The Labute approximate surface area is 331 Å². The topological polar surface area (TPSA) is 64.3 Å². The first-order valence-corrected chi connectivity index (χ1v) is 21.9. The predicted octanol–water partition coefficient (Wildman–Crippen LogP) is 11.2. The summed E-state index contributed by atoms with van der Waals surface area (Å²) in [5.41, 5.74) is 8.63. The van der Waals surface area contributed by atoms with E-state index in [4.69, 9.17) is 0 Å². The Morgan fingerprint density at radius 3 is 2.40 bits per heavy atom. The highest BCUT2D eigenvalue weighted by Crippen LogP contribution is 2.48. The maximum atomic E-state index is 11.4. The summed E-state index contributed by atoms with van der Waals surface area (Å²) in [5, 5.41) is 2.41. The largest absolute Gasteiger partial charge is 0.744 e. The molecule has 1 aromatic heterocycles. The van der Waals surface area contributed by atoms with Gasteiger partial charge in [0, 0.05) is 38.9 Å². The van der Waals surface area contributed by atoms with E-state index in [-0.39, 0.29) is 4.90 Å². The van der Waals surface area contributed by atoms with Crippen LogP contribution in [0.1, 0.15) is 41.5 Å². The van der Waals surface area contributed by atoms with Crippen LogP contribution in [0.4, 0.5) is 5.69 Å². The number of aromatic nitrogens is 1. The van der Waals surface area contributed by atoms with Gasteiger partial charge in [-0.3, -0.25) is 0 Å². The van der Waals surface area contributed by atoms with Crippen molar-refractivity contribution in [2.24, 2.45) is 5.92 Å². The van der Waals surface area contributed by atoms with Crippen LogP contribution in [0.15, 0.2) is 144 Å². The Morgan fingerprint density at radius 1 is 0.923 bits per heavy atom. The van der Waals surface area contributed by atoms with E-state index in [1.165, 1.54) is 59.6 Å². The Bertz CT molecular complexity index is 2360. The number of anilines is 1. The summed E-state index contributed by atoms with van der Waals surface area (Å²) in [4.78, 5) is 3.35. The third-order valence-corrected chi connectivity index (χ3v) is 13.4. The molecule has 10 heteroatoms. The third kappa shape index (κ3) is 8.92. The van der Waals surface area contributed by atoms with Crippen molar-refractivity contribution >= 4 is 87.1 Å². The van der Waals surface area contributed by atoms with Crippen molar-refractivity contribution in [1.82, 2.24) is 0 Å². The molecule has 1 atom stereocenters. The smallest absolute Gasteiger partial charge is 0.262 e. The van der Waals surface area contributed by atoms with Gasteiger partial charge in [-0.1, -0.05) is 122 Å². The molecular formula is C42H38Br2N2O3S3. The zero-order valence-electron chi connectivity index (χ0n) is 28.9. The van der Waals surface area contributed by atoms with Crippen molar-refractivity contribution in [3.63, 3.8) is 0 Å². The molecule has 52 heavy (non-hydrogen) atoms. The first kappa shape index (κ1) is 37.1. The van der Waals surface area contributed by atoms with Crippen LogP contribution in [-0.2, 0) is 29.5 Å². The molecule has 0 bridgehead atoms. The maximum absolute atomic E-state index is 11.4. The molecule has 1 aliphatic heterocycles. The van der Waals surface area contributed by atoms with Gasteiger partial charge in [0.25, 0.3) is 5.01 Å². The minimum Gasteiger partial charge on any atom is -0.744 e. The second-order valence-corrected chi connectivity index (χ2v) is 18.8. The van der Waals surface area contributed by atoms with Gasteiger partial charge >= 0.3 is 0 Å². The number of nitrogens with zero attached hydrogens (tertiary/aromatic N) is 2. The van der Waals surface area contributed by atoms with Gasteiger partial charge in [0.1, 0.15) is 14.8 Å². The summed E-state index contributed by atoms with van der Waals surface area (Å²) in [7, 11) is -4.47. The molecule has 4 aromatic carbocycles. The summed E-state index contributed by atoms with van der Waals surface area (Å²) in [6.07, 6.45) is 15.1. The molecule has 1 unspecified atom stereocenters. The van der Waals surface area contributed by atoms with Crippen LogP contribution >= 0.6 is 55.0 Å². The summed E-state index contributed by atoms with van der Waals surface area (Å²) in [6.45, 7) is 6.08. The number of thioether (sulfide) groups is 1. The van der Waals surface area contributed by atoms with Crippen molar-refractivity contribution < 1.29 is 17.5 Å². The van der Waals surface area contributed by atoms with Gasteiger partial charge in [-0.05, 0) is 103 Å². The second-order valence-electron chi connectivity index (χ2n) is 13.5. The van der Waals surface area contributed by atoms with E-state index in [2.05, 4.69) is 146 Å². The third-order valence-electron chi connectivity index (χ3n) is 9.36. The number of halogens is 2. The lowest BCUT2D eigenvalue weighted by molar-refractivity contribution is -0.668. The van der Waals surface area contributed by atoms with E-state index in [0.29, 0.717) is 12.3 Å². The predicted molar refractivity (Wildman–Crippen MR) is 222 cm³/mol. The summed E-state index contributed by atoms with van der Waals surface area (Å²) in [6, 6.07) is 28.0. The van der Waals surface area contributed by atoms with Gasteiger partial charge in [-0.25, -0.2) is 8.42 Å². The Morgan fingerprint density at radius 2 is 1.63 bits per heavy atom. The Balaban J connectivity index is 1.13. The van der Waals surface area contributed by atoms with Crippen LogP contribution in [0.2, 0.25) is 0 Å². The highest BCUT2D eigenvalue weighted by Gasteiger charge is 2.26. The molecule has 266 valence electrons. The lowest BCUT2D eigenvalue weighted by Crippen LogP contribution is -2.36. The Kier molecular flexibility index (Phi) is 11.4. The van der Waals surface area contributed by atoms with Gasteiger partial charge in [0.2, 0.25) is 5.52 Å². The number of aryl methyl sites for hydroxylation is 3. The number of thiazole rings is 1. The van der Waals surface area contributed by atoms with Crippen molar-refractivity contribution in [3.8, 4) is 0 Å². The number of hydrogen-bond acceptors (Lipinski definition) is 6. The molecule has 0 saturated heterocycles. The summed E-state index contributed by atoms with van der Waals surface area (Å²) >= 11 is 11.0. The van der Waals surface area contributed by atoms with Crippen LogP contribution in [0.25, 0.3) is 16.3 Å². The molecule has 1 aliphatic carbocycles. The molecule has 2 heterocycles. The molecule has 7 rings (SSSR count). The van der Waals surface area contributed by atoms with Crippen molar-refractivity contribution in [3.05, 3.63) is 156 Å². The van der Waals surface area contributed by atoms with Crippen molar-refractivity contribution in [2.75, 3.05) is 11.4 Å². The normalized spacial score (nSPS) is 17.8. The average molecular weight is 875 g/mol. The second kappa shape index (κ2) is 16.0. The molecule has 0 spiro atoms. The molecule has 0 radical (unpaired) electrons. The molecule has 0 fully saturated rings. The minimum atomic E-state index is -4.47. The van der Waals surface area contributed by atoms with Gasteiger partial charge in [-0.2, -0.15) is 4.57 Å². The number of benzene rings is 4. The number of allylic oxidation sites excluding steroid dienone is 6. The van der Waals surface area contributed by atoms with Crippen molar-refractivity contribution in [2.45, 2.75) is 55.9 Å². The first-order valence-electron chi connectivity index (χ1n) is 17.3. The highest BCUT2D eigenvalue weighted by molar-refractivity contribution is 9.10. The number of fused-ring (bicyclic) bond motifs is 2. The average Bonchev–Trinajstić information content (AvgIpc) is 3.62. The molecule has 5 aromatic rings. The molecule has 0 saturated carbocycles. The Hall–Kier alpha value is -3.25. The fraction of sp³-hybridized carbons (Fsp3) is 0.214. The van der Waals surface area contributed by atoms with Gasteiger partial charge in [0.05, 0.1) is 15.6 Å². The van der Waals surface area contributed by atoms with Crippen LogP contribution in [0.3, 0.4) is 0 Å². The van der Waals surface area contributed by atoms with E-state index >= 15 is 0 Å². The monoisotopic (exact) mass is 872 g/mol. The SMILES string of the molecule is Cc1ccc(CC[n+]2c(C=CC=C3C=C(C=C4Sc5ccc(Br)cc5N4CCc4ccc(S(=O)(=O)[O-])cc4)CC(C)C3)sc3ccc(Br)cc32)cc1. The minimum absolute atomic E-state index is 0.200. The standard InChI is InChI=1S/C42H38Br2N2O3S3/c1-28-6-8-30(9-7-28)18-20-45-37-26-34(43)12-16-39(37)50-41(45)5-3-4-32-22-29(2)23-33(24-32)25-42-46(38-27-35(44)13-17-40(38)51-42)21-19-31-10-14-36(15-11-31)52(47,48)49/h3-17,24-27,29H,18-23H2,1-2H3. The van der Waals surface area contributed by atoms with E-state index in [9.17, 15) is 13.0 Å². The fourth-order valence-electron chi connectivity index (χ4n) is 6.76. The zero-order valence-corrected chi connectivity index (χ0v) is 34.5. The molecule has 0 amide bonds. The van der Waals surface area contributed by atoms with Crippen LogP contribution in [0, 0.1) is 12.8 Å². The zero-order chi connectivity index (χ0) is 36.4.